The Kier molecular flexibility index (Phi) is 6.24. The molecule has 1 N–H and O–H groups in total. The fourth-order valence-corrected chi connectivity index (χ4v) is 3.41. The standard InChI is InChI=1S/C21H27NO4/c1-7-25-20(23)17-14(5)22-15(6)18(21(24)26-8-2)19(17)16-10-9-12(3)11-13(16)4/h9-11,19,22H,7-8H2,1-6H3. The number of hydrogen-bond acceptors (Lipinski definition) is 5. The lowest BCUT2D eigenvalue weighted by Crippen LogP contribution is -2.32. The molecule has 0 atom stereocenters. The fraction of sp³-hybridized carbons (Fsp3) is 0.429. The van der Waals surface area contributed by atoms with Crippen LogP contribution < -0.4 is 5.32 Å². The summed E-state index contributed by atoms with van der Waals surface area (Å²) in [6.07, 6.45) is 0. The molecule has 0 bridgehead atoms. The van der Waals surface area contributed by atoms with Crippen LogP contribution >= 0.6 is 0 Å². The third kappa shape index (κ3) is 3.82. The van der Waals surface area contributed by atoms with Gasteiger partial charge in [-0.3, -0.25) is 0 Å². The first-order chi connectivity index (χ1) is 12.3. The van der Waals surface area contributed by atoms with Gasteiger partial charge in [0.1, 0.15) is 0 Å². The Labute approximate surface area is 155 Å². The number of esters is 2. The van der Waals surface area contributed by atoms with E-state index in [0.29, 0.717) is 22.5 Å². The zero-order valence-electron chi connectivity index (χ0n) is 16.4. The molecule has 0 unspecified atom stereocenters. The van der Waals surface area contributed by atoms with Crippen LogP contribution in [0.5, 0.6) is 0 Å². The predicted molar refractivity (Wildman–Crippen MR) is 100 cm³/mol. The number of ether oxygens (including phenoxy) is 2. The van der Waals surface area contributed by atoms with Gasteiger partial charge in [-0.2, -0.15) is 0 Å². The van der Waals surface area contributed by atoms with Crippen LogP contribution in [0.1, 0.15) is 50.3 Å². The van der Waals surface area contributed by atoms with Gasteiger partial charge < -0.3 is 14.8 Å². The van der Waals surface area contributed by atoms with E-state index >= 15 is 0 Å². The van der Waals surface area contributed by atoms with Crippen molar-refractivity contribution in [2.45, 2.75) is 47.5 Å². The molecule has 1 aliphatic heterocycles. The maximum Gasteiger partial charge on any atom is 0.336 e. The molecule has 5 heteroatoms. The van der Waals surface area contributed by atoms with E-state index in [1.54, 1.807) is 13.8 Å². The van der Waals surface area contributed by atoms with Gasteiger partial charge in [0.2, 0.25) is 0 Å². The van der Waals surface area contributed by atoms with Gasteiger partial charge in [0.05, 0.1) is 30.3 Å². The highest BCUT2D eigenvalue weighted by Crippen LogP contribution is 2.40. The minimum absolute atomic E-state index is 0.270. The Morgan fingerprint density at radius 2 is 1.42 bits per heavy atom. The minimum Gasteiger partial charge on any atom is -0.463 e. The summed E-state index contributed by atoms with van der Waals surface area (Å²) in [6, 6.07) is 6.01. The third-order valence-corrected chi connectivity index (χ3v) is 4.49. The number of carbonyl (C=O) groups excluding carboxylic acids is 2. The lowest BCUT2D eigenvalue weighted by atomic mass is 9.78. The van der Waals surface area contributed by atoms with Crippen LogP contribution in [-0.4, -0.2) is 25.2 Å². The van der Waals surface area contributed by atoms with Crippen molar-refractivity contribution in [1.29, 1.82) is 0 Å². The highest BCUT2D eigenvalue weighted by Gasteiger charge is 2.38. The molecule has 0 spiro atoms. The number of carbonyl (C=O) groups is 2. The van der Waals surface area contributed by atoms with E-state index in [1.807, 2.05) is 45.9 Å². The first-order valence-electron chi connectivity index (χ1n) is 8.91. The van der Waals surface area contributed by atoms with Crippen molar-refractivity contribution in [2.75, 3.05) is 13.2 Å². The number of allylic oxidation sites excluding steroid dienone is 2. The van der Waals surface area contributed by atoms with Gasteiger partial charge in [-0.1, -0.05) is 23.8 Å². The summed E-state index contributed by atoms with van der Waals surface area (Å²) in [5, 5.41) is 3.15. The quantitative estimate of drug-likeness (QED) is 0.815. The maximum absolute atomic E-state index is 12.7. The highest BCUT2D eigenvalue weighted by atomic mass is 16.5. The molecule has 0 saturated carbocycles. The number of benzene rings is 1. The minimum atomic E-state index is -0.519. The number of nitrogens with one attached hydrogen (secondary N) is 1. The van der Waals surface area contributed by atoms with Crippen molar-refractivity contribution in [3.05, 3.63) is 57.4 Å². The molecule has 1 aromatic carbocycles. The van der Waals surface area contributed by atoms with Gasteiger partial charge in [0, 0.05) is 11.4 Å². The summed E-state index contributed by atoms with van der Waals surface area (Å²) < 4.78 is 10.6. The molecular formula is C21H27NO4. The van der Waals surface area contributed by atoms with Gasteiger partial charge >= 0.3 is 11.9 Å². The monoisotopic (exact) mass is 357 g/mol. The number of dihydropyridines is 1. The largest absolute Gasteiger partial charge is 0.463 e. The average Bonchev–Trinajstić information content (AvgIpc) is 2.54. The lowest BCUT2D eigenvalue weighted by molar-refractivity contribution is -0.139. The molecule has 0 amide bonds. The molecule has 140 valence electrons. The van der Waals surface area contributed by atoms with Crippen LogP contribution in [0, 0.1) is 13.8 Å². The van der Waals surface area contributed by atoms with Crippen LogP contribution in [0.2, 0.25) is 0 Å². The predicted octanol–water partition coefficient (Wildman–Crippen LogP) is 3.66. The second-order valence-electron chi connectivity index (χ2n) is 6.44. The molecule has 0 radical (unpaired) electrons. The van der Waals surface area contributed by atoms with Crippen molar-refractivity contribution in [2.24, 2.45) is 0 Å². The van der Waals surface area contributed by atoms with E-state index in [2.05, 4.69) is 5.32 Å². The van der Waals surface area contributed by atoms with Crippen LogP contribution in [0.4, 0.5) is 0 Å². The van der Waals surface area contributed by atoms with Crippen molar-refractivity contribution >= 4 is 11.9 Å². The Morgan fingerprint density at radius 3 is 1.85 bits per heavy atom. The van der Waals surface area contributed by atoms with Gasteiger partial charge in [0.15, 0.2) is 0 Å². The Balaban J connectivity index is 2.69. The molecule has 0 fully saturated rings. The molecule has 0 aliphatic carbocycles. The third-order valence-electron chi connectivity index (χ3n) is 4.49. The van der Waals surface area contributed by atoms with E-state index < -0.39 is 17.9 Å². The molecule has 2 rings (SSSR count). The van der Waals surface area contributed by atoms with E-state index in [1.165, 1.54) is 0 Å². The summed E-state index contributed by atoms with van der Waals surface area (Å²) in [4.78, 5) is 25.4. The summed E-state index contributed by atoms with van der Waals surface area (Å²) in [5.74, 6) is -1.36. The summed E-state index contributed by atoms with van der Waals surface area (Å²) >= 11 is 0. The average molecular weight is 357 g/mol. The summed E-state index contributed by atoms with van der Waals surface area (Å²) in [7, 11) is 0. The summed E-state index contributed by atoms with van der Waals surface area (Å²) in [6.45, 7) is 11.7. The van der Waals surface area contributed by atoms with E-state index in [-0.39, 0.29) is 13.2 Å². The molecule has 0 aromatic heterocycles. The first kappa shape index (κ1) is 19.8. The number of hydrogen-bond donors (Lipinski definition) is 1. The summed E-state index contributed by atoms with van der Waals surface area (Å²) in [5.41, 5.74) is 5.33. The molecule has 1 aromatic rings. The molecule has 5 nitrogen and oxygen atoms in total. The van der Waals surface area contributed by atoms with Crippen LogP contribution in [0.25, 0.3) is 0 Å². The zero-order valence-corrected chi connectivity index (χ0v) is 16.4. The first-order valence-corrected chi connectivity index (χ1v) is 8.91. The van der Waals surface area contributed by atoms with Crippen molar-refractivity contribution in [1.82, 2.24) is 5.32 Å². The lowest BCUT2D eigenvalue weighted by Gasteiger charge is -2.31. The van der Waals surface area contributed by atoms with Crippen LogP contribution in [-0.2, 0) is 19.1 Å². The Hall–Kier alpha value is -2.56. The second kappa shape index (κ2) is 8.21. The smallest absolute Gasteiger partial charge is 0.336 e. The maximum atomic E-state index is 12.7. The van der Waals surface area contributed by atoms with Gasteiger partial charge in [0.25, 0.3) is 0 Å². The number of rotatable bonds is 5. The number of aryl methyl sites for hydroxylation is 2. The van der Waals surface area contributed by atoms with Crippen molar-refractivity contribution < 1.29 is 19.1 Å². The van der Waals surface area contributed by atoms with E-state index in [4.69, 9.17) is 9.47 Å². The Bertz CT molecular complexity index is 749. The van der Waals surface area contributed by atoms with Crippen molar-refractivity contribution in [3.8, 4) is 0 Å². The molecule has 1 aliphatic rings. The van der Waals surface area contributed by atoms with Gasteiger partial charge in [-0.05, 0) is 52.7 Å². The van der Waals surface area contributed by atoms with Crippen molar-refractivity contribution in [3.63, 3.8) is 0 Å². The van der Waals surface area contributed by atoms with Gasteiger partial charge in [-0.25, -0.2) is 9.59 Å². The van der Waals surface area contributed by atoms with Crippen LogP contribution in [0.3, 0.4) is 0 Å². The molecule has 1 heterocycles. The highest BCUT2D eigenvalue weighted by molar-refractivity contribution is 6.00. The zero-order chi connectivity index (χ0) is 19.4. The molecular weight excluding hydrogens is 330 g/mol. The molecule has 0 saturated heterocycles. The second-order valence-corrected chi connectivity index (χ2v) is 6.44. The molecule has 26 heavy (non-hydrogen) atoms. The van der Waals surface area contributed by atoms with Gasteiger partial charge in [-0.15, -0.1) is 0 Å². The van der Waals surface area contributed by atoms with E-state index in [0.717, 1.165) is 16.7 Å². The Morgan fingerprint density at radius 1 is 0.923 bits per heavy atom. The normalized spacial score (nSPS) is 15.0. The SMILES string of the molecule is CCOC(=O)C1=C(C)NC(C)=C(C(=O)OCC)C1c1ccc(C)cc1C. The topological polar surface area (TPSA) is 64.6 Å². The van der Waals surface area contributed by atoms with E-state index in [9.17, 15) is 9.59 Å². The fourth-order valence-electron chi connectivity index (χ4n) is 3.41. The van der Waals surface area contributed by atoms with Crippen LogP contribution in [0.15, 0.2) is 40.7 Å².